The minimum atomic E-state index is -0.486. The van der Waals surface area contributed by atoms with E-state index >= 15 is 9.59 Å². The van der Waals surface area contributed by atoms with Crippen molar-refractivity contribution in [1.29, 1.82) is 0 Å². The second-order valence-electron chi connectivity index (χ2n) is 15.9. The molecule has 6 nitrogen and oxygen atoms in total. The summed E-state index contributed by atoms with van der Waals surface area (Å²) in [6, 6.07) is 68.5. The third-order valence-corrected chi connectivity index (χ3v) is 12.1. The lowest BCUT2D eigenvalue weighted by Gasteiger charge is -2.24. The molecule has 0 spiro atoms. The lowest BCUT2D eigenvalue weighted by Crippen LogP contribution is -2.30. The quantitative estimate of drug-likeness (QED) is 0.107. The molecule has 0 atom stereocenters. The molecule has 6 heteroatoms. The van der Waals surface area contributed by atoms with Gasteiger partial charge in [-0.3, -0.25) is 19.2 Å². The van der Waals surface area contributed by atoms with Crippen molar-refractivity contribution >= 4 is 50.9 Å². The lowest BCUT2D eigenvalue weighted by molar-refractivity contribution is 0.0924. The zero-order valence-electron chi connectivity index (χ0n) is 34.3. The normalized spacial score (nSPS) is 12.2. The van der Waals surface area contributed by atoms with Gasteiger partial charge in [-0.05, 0) is 58.7 Å². The molecule has 1 aliphatic heterocycles. The highest BCUT2D eigenvalue weighted by molar-refractivity contribution is 6.37. The van der Waals surface area contributed by atoms with Crippen LogP contribution >= 0.6 is 0 Å². The number of ketones is 2. The van der Waals surface area contributed by atoms with Crippen LogP contribution in [0, 0.1) is 0 Å². The molecule has 0 aliphatic carbocycles. The van der Waals surface area contributed by atoms with Gasteiger partial charge in [0.1, 0.15) is 0 Å². The van der Waals surface area contributed by atoms with Crippen LogP contribution in [-0.4, -0.2) is 27.9 Å². The molecule has 2 heterocycles. The number of fused-ring (bicyclic) bond motifs is 4. The van der Waals surface area contributed by atoms with Gasteiger partial charge in [-0.15, -0.1) is 0 Å². The van der Waals surface area contributed by atoms with Crippen molar-refractivity contribution in [3.8, 4) is 39.1 Å². The van der Waals surface area contributed by atoms with Gasteiger partial charge in [-0.25, -0.2) is 4.90 Å². The molecule has 302 valence electrons. The summed E-state index contributed by atoms with van der Waals surface area (Å²) < 4.78 is 1.93. The van der Waals surface area contributed by atoms with Crippen molar-refractivity contribution in [2.45, 2.75) is 0 Å². The SMILES string of the molecule is O=C(c1ccccc1)c1ccc2c3ccc(C(=O)c4ccccc4)cc3n(-c3cccc4c3C(=O)N(c3c(-c5ccccc5)cc(-c5ccccc5)cc3-c3ccccc3)C4=O)c2c1. The van der Waals surface area contributed by atoms with Crippen LogP contribution < -0.4 is 4.90 Å². The van der Waals surface area contributed by atoms with Gasteiger partial charge >= 0.3 is 0 Å². The summed E-state index contributed by atoms with van der Waals surface area (Å²) in [4.78, 5) is 60.1. The van der Waals surface area contributed by atoms with Crippen LogP contribution in [0.15, 0.2) is 218 Å². The first-order valence-electron chi connectivity index (χ1n) is 21.1. The molecule has 11 rings (SSSR count). The van der Waals surface area contributed by atoms with Gasteiger partial charge in [-0.2, -0.15) is 0 Å². The predicted octanol–water partition coefficient (Wildman–Crippen LogP) is 13.0. The zero-order valence-corrected chi connectivity index (χ0v) is 34.3. The number of hydrogen-bond acceptors (Lipinski definition) is 4. The molecule has 0 radical (unpaired) electrons. The molecule has 9 aromatic carbocycles. The maximum absolute atomic E-state index is 15.6. The van der Waals surface area contributed by atoms with Gasteiger partial charge in [0.05, 0.1) is 33.5 Å². The van der Waals surface area contributed by atoms with E-state index < -0.39 is 11.8 Å². The molecule has 1 aliphatic rings. The topological polar surface area (TPSA) is 76.5 Å². The summed E-state index contributed by atoms with van der Waals surface area (Å²) in [7, 11) is 0. The summed E-state index contributed by atoms with van der Waals surface area (Å²) >= 11 is 0. The van der Waals surface area contributed by atoms with E-state index in [9.17, 15) is 9.59 Å². The Morgan fingerprint density at radius 1 is 0.344 bits per heavy atom. The van der Waals surface area contributed by atoms with Crippen LogP contribution in [-0.2, 0) is 0 Å². The van der Waals surface area contributed by atoms with E-state index in [1.54, 1.807) is 36.4 Å². The van der Waals surface area contributed by atoms with Crippen LogP contribution in [0.1, 0.15) is 52.6 Å². The van der Waals surface area contributed by atoms with E-state index in [2.05, 4.69) is 24.3 Å². The minimum absolute atomic E-state index is 0.157. The van der Waals surface area contributed by atoms with E-state index in [1.165, 1.54) is 4.90 Å². The first-order chi connectivity index (χ1) is 31.4. The summed E-state index contributed by atoms with van der Waals surface area (Å²) in [5.41, 5.74) is 9.76. The number of carbonyl (C=O) groups excluding carboxylic acids is 4. The number of hydrogen-bond donors (Lipinski definition) is 0. The van der Waals surface area contributed by atoms with Crippen molar-refractivity contribution < 1.29 is 19.2 Å². The predicted molar refractivity (Wildman–Crippen MR) is 254 cm³/mol. The Hall–Kier alpha value is -8.74. The Morgan fingerprint density at radius 3 is 1.25 bits per heavy atom. The van der Waals surface area contributed by atoms with Gasteiger partial charge in [-0.1, -0.05) is 182 Å². The van der Waals surface area contributed by atoms with Crippen molar-refractivity contribution in [2.75, 3.05) is 4.90 Å². The summed E-state index contributed by atoms with van der Waals surface area (Å²) in [6.07, 6.45) is 0. The molecule has 0 saturated heterocycles. The number of benzene rings is 9. The van der Waals surface area contributed by atoms with Crippen LogP contribution in [0.25, 0.3) is 60.9 Å². The van der Waals surface area contributed by atoms with Gasteiger partial charge < -0.3 is 4.57 Å². The first kappa shape index (κ1) is 38.2. The van der Waals surface area contributed by atoms with Crippen molar-refractivity contribution in [1.82, 2.24) is 4.57 Å². The fourth-order valence-electron chi connectivity index (χ4n) is 9.08. The van der Waals surface area contributed by atoms with Gasteiger partial charge in [0, 0.05) is 44.2 Å². The van der Waals surface area contributed by atoms with Crippen molar-refractivity contribution in [3.05, 3.63) is 252 Å². The molecule has 64 heavy (non-hydrogen) atoms. The average molecular weight is 825 g/mol. The third-order valence-electron chi connectivity index (χ3n) is 12.1. The van der Waals surface area contributed by atoms with Crippen LogP contribution in [0.5, 0.6) is 0 Å². The maximum atomic E-state index is 15.6. The third kappa shape index (κ3) is 6.36. The Morgan fingerprint density at radius 2 is 0.781 bits per heavy atom. The van der Waals surface area contributed by atoms with E-state index in [0.29, 0.717) is 44.7 Å². The molecule has 1 aromatic heterocycles. The maximum Gasteiger partial charge on any atom is 0.268 e. The van der Waals surface area contributed by atoms with Gasteiger partial charge in [0.2, 0.25) is 0 Å². The second kappa shape index (κ2) is 15.6. The molecular weight excluding hydrogens is 789 g/mol. The Labute approximate surface area is 368 Å². The molecule has 0 N–H and O–H groups in total. The fourth-order valence-corrected chi connectivity index (χ4v) is 9.08. The Bertz CT molecular complexity index is 3320. The highest BCUT2D eigenvalue weighted by Crippen LogP contribution is 2.47. The minimum Gasteiger partial charge on any atom is -0.308 e. The molecule has 0 unspecified atom stereocenters. The highest BCUT2D eigenvalue weighted by atomic mass is 16.2. The number of amides is 2. The number of carbonyl (C=O) groups is 4. The van der Waals surface area contributed by atoms with Gasteiger partial charge in [0.15, 0.2) is 11.6 Å². The van der Waals surface area contributed by atoms with Crippen molar-refractivity contribution in [3.63, 3.8) is 0 Å². The van der Waals surface area contributed by atoms with Crippen LogP contribution in [0.2, 0.25) is 0 Å². The number of imide groups is 1. The number of aromatic nitrogens is 1. The van der Waals surface area contributed by atoms with E-state index in [-0.39, 0.29) is 22.7 Å². The average Bonchev–Trinajstić information content (AvgIpc) is 3.83. The monoisotopic (exact) mass is 824 g/mol. The largest absolute Gasteiger partial charge is 0.308 e. The van der Waals surface area contributed by atoms with E-state index in [4.69, 9.17) is 0 Å². The van der Waals surface area contributed by atoms with Crippen LogP contribution in [0.4, 0.5) is 5.69 Å². The van der Waals surface area contributed by atoms with Gasteiger partial charge in [0.25, 0.3) is 11.8 Å². The van der Waals surface area contributed by atoms with E-state index in [1.807, 2.05) is 162 Å². The fraction of sp³-hybridized carbons (Fsp3) is 0. The molecule has 0 bridgehead atoms. The molecule has 10 aromatic rings. The number of nitrogens with zero attached hydrogens (tertiary/aromatic N) is 2. The number of rotatable bonds is 9. The summed E-state index contributed by atoms with van der Waals surface area (Å²) in [5, 5.41) is 1.64. The van der Waals surface area contributed by atoms with E-state index in [0.717, 1.165) is 44.2 Å². The number of anilines is 1. The summed E-state index contributed by atoms with van der Waals surface area (Å²) in [6.45, 7) is 0. The standard InChI is InChI=1S/C58H36N2O4/c61-55(40-23-12-4-13-24-40)42-29-31-45-46-32-30-43(56(62)41-25-14-5-15-26-41)36-52(46)59(51(45)35-42)50-28-16-27-47-53(50)58(64)60(57(47)63)54-48(38-19-8-2-9-20-38)33-44(37-17-6-1-7-18-37)34-49(54)39-21-10-3-11-22-39/h1-36H. The van der Waals surface area contributed by atoms with Crippen LogP contribution in [0.3, 0.4) is 0 Å². The highest BCUT2D eigenvalue weighted by Gasteiger charge is 2.42. The molecule has 0 saturated carbocycles. The Kier molecular flexibility index (Phi) is 9.32. The first-order valence-corrected chi connectivity index (χ1v) is 21.1. The van der Waals surface area contributed by atoms with Crippen molar-refractivity contribution in [2.24, 2.45) is 0 Å². The molecular formula is C58H36N2O4. The lowest BCUT2D eigenvalue weighted by atomic mass is 9.90. The molecule has 2 amide bonds. The smallest absolute Gasteiger partial charge is 0.268 e. The molecule has 0 fully saturated rings. The summed E-state index contributed by atoms with van der Waals surface area (Å²) in [5.74, 6) is -1.25. The second-order valence-corrected chi connectivity index (χ2v) is 15.9. The zero-order chi connectivity index (χ0) is 43.3. The Balaban J connectivity index is 1.16.